The minimum atomic E-state index is 0.301. The lowest BCUT2D eigenvalue weighted by Crippen LogP contribution is -2.18. The topological polar surface area (TPSA) is 42.7 Å². The Morgan fingerprint density at radius 3 is 2.52 bits per heavy atom. The first-order valence-electron chi connectivity index (χ1n) is 7.04. The third kappa shape index (κ3) is 3.01. The van der Waals surface area contributed by atoms with Gasteiger partial charge in [-0.2, -0.15) is 5.10 Å². The molecule has 2 heterocycles. The van der Waals surface area contributed by atoms with Crippen molar-refractivity contribution in [2.24, 2.45) is 0 Å². The second-order valence-corrected chi connectivity index (χ2v) is 4.92. The molecule has 4 heteroatoms. The maximum atomic E-state index is 4.52. The highest BCUT2D eigenvalue weighted by Crippen LogP contribution is 2.23. The molecule has 3 rings (SSSR count). The van der Waals surface area contributed by atoms with Crippen LogP contribution in [0.15, 0.2) is 67.1 Å². The van der Waals surface area contributed by atoms with Gasteiger partial charge in [-0.1, -0.05) is 36.4 Å². The molecule has 0 aliphatic carbocycles. The summed E-state index contributed by atoms with van der Waals surface area (Å²) in [6, 6.07) is 16.5. The Labute approximate surface area is 124 Å². The summed E-state index contributed by atoms with van der Waals surface area (Å²) in [5, 5.41) is 7.46. The molecule has 0 saturated carbocycles. The van der Waals surface area contributed by atoms with E-state index in [9.17, 15) is 0 Å². The van der Waals surface area contributed by atoms with E-state index in [0.29, 0.717) is 5.92 Å². The van der Waals surface area contributed by atoms with E-state index in [1.165, 1.54) is 11.1 Å². The molecule has 0 amide bonds. The molecule has 0 aliphatic heterocycles. The number of pyridine rings is 1. The maximum Gasteiger partial charge on any atom is 0.153 e. The highest BCUT2D eigenvalue weighted by atomic mass is 15.3. The average Bonchev–Trinajstić information content (AvgIpc) is 3.08. The summed E-state index contributed by atoms with van der Waals surface area (Å²) in [6.45, 7) is 0.882. The Balaban J connectivity index is 1.90. The van der Waals surface area contributed by atoms with Crippen LogP contribution < -0.4 is 5.32 Å². The van der Waals surface area contributed by atoms with Crippen LogP contribution in [0.25, 0.3) is 5.82 Å². The summed E-state index contributed by atoms with van der Waals surface area (Å²) >= 11 is 0. The van der Waals surface area contributed by atoms with E-state index in [4.69, 9.17) is 0 Å². The zero-order chi connectivity index (χ0) is 14.5. The lowest BCUT2D eigenvalue weighted by molar-refractivity contribution is 0.704. The van der Waals surface area contributed by atoms with Crippen LogP contribution in [0.3, 0.4) is 0 Å². The third-order valence-electron chi connectivity index (χ3n) is 3.52. The molecule has 0 saturated heterocycles. The van der Waals surface area contributed by atoms with Crippen LogP contribution in [0.1, 0.15) is 17.0 Å². The van der Waals surface area contributed by atoms with Gasteiger partial charge in [-0.05, 0) is 30.3 Å². The van der Waals surface area contributed by atoms with Crippen LogP contribution in [-0.2, 0) is 0 Å². The van der Waals surface area contributed by atoms with Gasteiger partial charge in [0.2, 0.25) is 0 Å². The molecule has 1 aromatic carbocycles. The summed E-state index contributed by atoms with van der Waals surface area (Å²) in [6.07, 6.45) is 5.58. The van der Waals surface area contributed by atoms with Gasteiger partial charge in [0, 0.05) is 31.1 Å². The average molecular weight is 278 g/mol. The van der Waals surface area contributed by atoms with E-state index in [1.54, 1.807) is 10.9 Å². The standard InChI is InChI=1S/C17H18N4/c1-18-13-16(14-6-3-2-4-7-14)15-8-9-17(19-12-15)21-11-5-10-20-21/h2-12,16,18H,13H2,1H3. The SMILES string of the molecule is CNCC(c1ccccc1)c1ccc(-n2cccn2)nc1. The highest BCUT2D eigenvalue weighted by molar-refractivity contribution is 5.34. The molecule has 3 aromatic rings. The smallest absolute Gasteiger partial charge is 0.153 e. The monoisotopic (exact) mass is 278 g/mol. The van der Waals surface area contributed by atoms with E-state index >= 15 is 0 Å². The van der Waals surface area contributed by atoms with Gasteiger partial charge in [-0.25, -0.2) is 9.67 Å². The molecule has 0 spiro atoms. The number of hydrogen-bond donors (Lipinski definition) is 1. The van der Waals surface area contributed by atoms with E-state index in [2.05, 4.69) is 45.7 Å². The predicted molar refractivity (Wildman–Crippen MR) is 83.6 cm³/mol. The number of likely N-dealkylation sites (N-methyl/N-ethyl adjacent to an activating group) is 1. The summed E-state index contributed by atoms with van der Waals surface area (Å²) in [5.41, 5.74) is 2.49. The Morgan fingerprint density at radius 2 is 1.90 bits per heavy atom. The number of nitrogens with one attached hydrogen (secondary N) is 1. The first-order chi connectivity index (χ1) is 10.4. The second kappa shape index (κ2) is 6.33. The Morgan fingerprint density at radius 1 is 1.05 bits per heavy atom. The van der Waals surface area contributed by atoms with Crippen molar-refractivity contribution in [3.05, 3.63) is 78.2 Å². The van der Waals surface area contributed by atoms with Gasteiger partial charge in [0.05, 0.1) is 0 Å². The second-order valence-electron chi connectivity index (χ2n) is 4.92. The van der Waals surface area contributed by atoms with Crippen molar-refractivity contribution in [1.82, 2.24) is 20.1 Å². The van der Waals surface area contributed by atoms with E-state index in [-0.39, 0.29) is 0 Å². The Kier molecular flexibility index (Phi) is 4.07. The maximum absolute atomic E-state index is 4.52. The first kappa shape index (κ1) is 13.5. The van der Waals surface area contributed by atoms with E-state index < -0.39 is 0 Å². The van der Waals surface area contributed by atoms with Crippen molar-refractivity contribution in [3.63, 3.8) is 0 Å². The van der Waals surface area contributed by atoms with Crippen LogP contribution in [0.5, 0.6) is 0 Å². The highest BCUT2D eigenvalue weighted by Gasteiger charge is 2.13. The van der Waals surface area contributed by atoms with Crippen molar-refractivity contribution in [2.75, 3.05) is 13.6 Å². The molecule has 106 valence electrons. The molecule has 4 nitrogen and oxygen atoms in total. The summed E-state index contributed by atoms with van der Waals surface area (Å²) < 4.78 is 1.76. The van der Waals surface area contributed by atoms with Crippen molar-refractivity contribution in [1.29, 1.82) is 0 Å². The molecule has 0 bridgehead atoms. The van der Waals surface area contributed by atoms with Crippen LogP contribution >= 0.6 is 0 Å². The van der Waals surface area contributed by atoms with Gasteiger partial charge in [0.15, 0.2) is 5.82 Å². The van der Waals surface area contributed by atoms with Gasteiger partial charge in [-0.15, -0.1) is 0 Å². The fourth-order valence-electron chi connectivity index (χ4n) is 2.46. The Hall–Kier alpha value is -2.46. The van der Waals surface area contributed by atoms with Gasteiger partial charge < -0.3 is 5.32 Å². The lowest BCUT2D eigenvalue weighted by Gasteiger charge is -2.17. The summed E-state index contributed by atoms with van der Waals surface area (Å²) in [7, 11) is 1.97. The minimum absolute atomic E-state index is 0.301. The van der Waals surface area contributed by atoms with Crippen LogP contribution in [0, 0.1) is 0 Å². The van der Waals surface area contributed by atoms with E-state index in [0.717, 1.165) is 12.4 Å². The van der Waals surface area contributed by atoms with Crippen LogP contribution in [0.4, 0.5) is 0 Å². The molecular weight excluding hydrogens is 260 g/mol. The zero-order valence-corrected chi connectivity index (χ0v) is 12.0. The fourth-order valence-corrected chi connectivity index (χ4v) is 2.46. The molecule has 1 unspecified atom stereocenters. The van der Waals surface area contributed by atoms with Crippen molar-refractivity contribution < 1.29 is 0 Å². The first-order valence-corrected chi connectivity index (χ1v) is 7.04. The number of aromatic nitrogens is 3. The van der Waals surface area contributed by atoms with E-state index in [1.807, 2.05) is 37.6 Å². The normalized spacial score (nSPS) is 12.2. The number of nitrogens with zero attached hydrogens (tertiary/aromatic N) is 3. The van der Waals surface area contributed by atoms with Crippen molar-refractivity contribution >= 4 is 0 Å². The third-order valence-corrected chi connectivity index (χ3v) is 3.52. The number of rotatable bonds is 5. The minimum Gasteiger partial charge on any atom is -0.319 e. The largest absolute Gasteiger partial charge is 0.319 e. The summed E-state index contributed by atoms with van der Waals surface area (Å²) in [5.74, 6) is 1.13. The van der Waals surface area contributed by atoms with Gasteiger partial charge in [-0.3, -0.25) is 0 Å². The number of hydrogen-bond acceptors (Lipinski definition) is 3. The molecule has 0 fully saturated rings. The Bertz CT molecular complexity index is 660. The molecule has 1 N–H and O–H groups in total. The number of benzene rings is 1. The van der Waals surface area contributed by atoms with Crippen LogP contribution in [-0.4, -0.2) is 28.4 Å². The molecule has 2 aromatic heterocycles. The van der Waals surface area contributed by atoms with Gasteiger partial charge in [0.25, 0.3) is 0 Å². The van der Waals surface area contributed by atoms with Crippen molar-refractivity contribution in [2.45, 2.75) is 5.92 Å². The fraction of sp³-hybridized carbons (Fsp3) is 0.176. The molecule has 0 radical (unpaired) electrons. The van der Waals surface area contributed by atoms with Crippen molar-refractivity contribution in [3.8, 4) is 5.82 Å². The van der Waals surface area contributed by atoms with Crippen LogP contribution in [0.2, 0.25) is 0 Å². The van der Waals surface area contributed by atoms with Gasteiger partial charge in [0.1, 0.15) is 0 Å². The van der Waals surface area contributed by atoms with Gasteiger partial charge >= 0.3 is 0 Å². The molecular formula is C17H18N4. The molecule has 0 aliphatic rings. The zero-order valence-electron chi connectivity index (χ0n) is 12.0. The summed E-state index contributed by atoms with van der Waals surface area (Å²) in [4.78, 5) is 4.52. The lowest BCUT2D eigenvalue weighted by atomic mass is 9.92. The predicted octanol–water partition coefficient (Wildman–Crippen LogP) is 2.62. The molecule has 21 heavy (non-hydrogen) atoms. The quantitative estimate of drug-likeness (QED) is 0.780. The molecule has 1 atom stereocenters.